The largest absolute Gasteiger partial charge is 0.448 e. The summed E-state index contributed by atoms with van der Waals surface area (Å²) in [6, 6.07) is 3.66. The average molecular weight is 186 g/mol. The quantitative estimate of drug-likeness (QED) is 0.770. The highest BCUT2D eigenvalue weighted by Crippen LogP contribution is 2.36. The van der Waals surface area contributed by atoms with E-state index in [-0.39, 0.29) is 6.04 Å². The summed E-state index contributed by atoms with van der Waals surface area (Å²) in [5, 5.41) is 0.430. The van der Waals surface area contributed by atoms with E-state index in [0.29, 0.717) is 11.1 Å². The van der Waals surface area contributed by atoms with Crippen molar-refractivity contribution in [2.75, 3.05) is 0 Å². The standard InChI is InChI=1S/C9H12ClNO/c10-8-5-4-7(12-8)9(11)6-2-1-3-6/h4-6,9H,1-3,11H2/t9-/m0/s1. The van der Waals surface area contributed by atoms with Crippen LogP contribution in [-0.4, -0.2) is 0 Å². The minimum atomic E-state index is 0.0475. The van der Waals surface area contributed by atoms with Gasteiger partial charge in [-0.15, -0.1) is 0 Å². The number of halogens is 1. The van der Waals surface area contributed by atoms with Crippen LogP contribution in [0.25, 0.3) is 0 Å². The molecule has 0 aliphatic heterocycles. The smallest absolute Gasteiger partial charge is 0.193 e. The summed E-state index contributed by atoms with van der Waals surface area (Å²) in [5.41, 5.74) is 5.96. The molecule has 0 unspecified atom stereocenters. The Morgan fingerprint density at radius 2 is 2.25 bits per heavy atom. The number of hydrogen-bond acceptors (Lipinski definition) is 2. The summed E-state index contributed by atoms with van der Waals surface area (Å²) in [6.45, 7) is 0. The van der Waals surface area contributed by atoms with Crippen molar-refractivity contribution < 1.29 is 4.42 Å². The number of rotatable bonds is 2. The van der Waals surface area contributed by atoms with Gasteiger partial charge in [-0.2, -0.15) is 0 Å². The van der Waals surface area contributed by atoms with Gasteiger partial charge >= 0.3 is 0 Å². The molecular weight excluding hydrogens is 174 g/mol. The summed E-state index contributed by atoms with van der Waals surface area (Å²) in [6.07, 6.45) is 3.74. The van der Waals surface area contributed by atoms with Crippen LogP contribution >= 0.6 is 11.6 Å². The topological polar surface area (TPSA) is 39.2 Å². The van der Waals surface area contributed by atoms with Crippen LogP contribution < -0.4 is 5.73 Å². The van der Waals surface area contributed by atoms with E-state index in [1.807, 2.05) is 6.07 Å². The van der Waals surface area contributed by atoms with E-state index in [9.17, 15) is 0 Å². The Kier molecular flexibility index (Phi) is 2.11. The van der Waals surface area contributed by atoms with Crippen molar-refractivity contribution in [1.82, 2.24) is 0 Å². The molecule has 2 nitrogen and oxygen atoms in total. The van der Waals surface area contributed by atoms with Gasteiger partial charge in [-0.05, 0) is 42.5 Å². The van der Waals surface area contributed by atoms with Crippen LogP contribution in [0.1, 0.15) is 31.1 Å². The van der Waals surface area contributed by atoms with E-state index >= 15 is 0 Å². The Morgan fingerprint density at radius 1 is 1.50 bits per heavy atom. The highest BCUT2D eigenvalue weighted by molar-refractivity contribution is 6.28. The average Bonchev–Trinajstić information content (AvgIpc) is 2.31. The molecule has 2 N–H and O–H groups in total. The molecule has 0 radical (unpaired) electrons. The molecule has 1 aliphatic carbocycles. The normalized spacial score (nSPS) is 20.5. The predicted molar refractivity (Wildman–Crippen MR) is 48.0 cm³/mol. The molecular formula is C9H12ClNO. The summed E-state index contributed by atoms with van der Waals surface area (Å²) in [4.78, 5) is 0. The molecule has 1 saturated carbocycles. The van der Waals surface area contributed by atoms with Crippen LogP contribution in [0, 0.1) is 5.92 Å². The minimum absolute atomic E-state index is 0.0475. The van der Waals surface area contributed by atoms with Crippen molar-refractivity contribution in [3.63, 3.8) is 0 Å². The molecule has 1 aliphatic rings. The molecule has 1 atom stereocenters. The van der Waals surface area contributed by atoms with E-state index in [2.05, 4.69) is 0 Å². The van der Waals surface area contributed by atoms with Crippen molar-refractivity contribution in [1.29, 1.82) is 0 Å². The Bertz CT molecular complexity index is 267. The molecule has 2 rings (SSSR count). The van der Waals surface area contributed by atoms with Gasteiger partial charge in [0.2, 0.25) is 0 Å². The van der Waals surface area contributed by atoms with Crippen LogP contribution in [0.5, 0.6) is 0 Å². The van der Waals surface area contributed by atoms with E-state index in [0.717, 1.165) is 5.76 Å². The molecule has 1 aromatic rings. The lowest BCUT2D eigenvalue weighted by Gasteiger charge is -2.29. The second kappa shape index (κ2) is 3.11. The Labute approximate surface area is 76.7 Å². The molecule has 12 heavy (non-hydrogen) atoms. The molecule has 0 aromatic carbocycles. The van der Waals surface area contributed by atoms with Crippen molar-refractivity contribution in [3.05, 3.63) is 23.1 Å². The maximum absolute atomic E-state index is 5.96. The summed E-state index contributed by atoms with van der Waals surface area (Å²) in [5.74, 6) is 1.43. The lowest BCUT2D eigenvalue weighted by atomic mass is 9.79. The Morgan fingerprint density at radius 3 is 2.67 bits per heavy atom. The van der Waals surface area contributed by atoms with Crippen molar-refractivity contribution in [2.45, 2.75) is 25.3 Å². The molecule has 1 fully saturated rings. The second-order valence-electron chi connectivity index (χ2n) is 3.36. The first-order chi connectivity index (χ1) is 5.77. The van der Waals surface area contributed by atoms with Crippen LogP contribution in [0.15, 0.2) is 16.5 Å². The summed E-state index contributed by atoms with van der Waals surface area (Å²) < 4.78 is 5.24. The molecule has 3 heteroatoms. The van der Waals surface area contributed by atoms with Gasteiger partial charge in [-0.1, -0.05) is 6.42 Å². The molecule has 0 amide bonds. The Balaban J connectivity index is 2.08. The van der Waals surface area contributed by atoms with E-state index in [1.54, 1.807) is 6.07 Å². The van der Waals surface area contributed by atoms with Gasteiger partial charge < -0.3 is 10.2 Å². The van der Waals surface area contributed by atoms with Crippen molar-refractivity contribution in [3.8, 4) is 0 Å². The highest BCUT2D eigenvalue weighted by atomic mass is 35.5. The highest BCUT2D eigenvalue weighted by Gasteiger charge is 2.27. The van der Waals surface area contributed by atoms with Crippen LogP contribution in [-0.2, 0) is 0 Å². The second-order valence-corrected chi connectivity index (χ2v) is 3.73. The number of nitrogens with two attached hydrogens (primary N) is 1. The van der Waals surface area contributed by atoms with Gasteiger partial charge in [0.05, 0.1) is 6.04 Å². The van der Waals surface area contributed by atoms with E-state index in [4.69, 9.17) is 21.8 Å². The van der Waals surface area contributed by atoms with Crippen molar-refractivity contribution in [2.24, 2.45) is 11.7 Å². The zero-order valence-corrected chi connectivity index (χ0v) is 7.55. The maximum Gasteiger partial charge on any atom is 0.193 e. The first-order valence-corrected chi connectivity index (χ1v) is 4.66. The fourth-order valence-corrected chi connectivity index (χ4v) is 1.69. The molecule has 0 spiro atoms. The molecule has 0 bridgehead atoms. The summed E-state index contributed by atoms with van der Waals surface area (Å²) in [7, 11) is 0. The molecule has 0 saturated heterocycles. The van der Waals surface area contributed by atoms with Gasteiger partial charge in [0.15, 0.2) is 5.22 Å². The number of hydrogen-bond donors (Lipinski definition) is 1. The summed E-state index contributed by atoms with van der Waals surface area (Å²) >= 11 is 5.65. The molecule has 1 heterocycles. The first-order valence-electron chi connectivity index (χ1n) is 4.28. The predicted octanol–water partition coefficient (Wildman–Crippen LogP) is 2.73. The molecule has 1 aromatic heterocycles. The maximum atomic E-state index is 5.96. The SMILES string of the molecule is N[C@H](c1ccc(Cl)o1)C1CCC1. The van der Waals surface area contributed by atoms with Gasteiger partial charge in [0, 0.05) is 0 Å². The lowest BCUT2D eigenvalue weighted by Crippen LogP contribution is -2.26. The van der Waals surface area contributed by atoms with Gasteiger partial charge in [-0.3, -0.25) is 0 Å². The fourth-order valence-electron chi connectivity index (χ4n) is 1.54. The third-order valence-electron chi connectivity index (χ3n) is 2.58. The van der Waals surface area contributed by atoms with Crippen LogP contribution in [0.2, 0.25) is 5.22 Å². The van der Waals surface area contributed by atoms with E-state index in [1.165, 1.54) is 19.3 Å². The van der Waals surface area contributed by atoms with Gasteiger partial charge in [0.1, 0.15) is 5.76 Å². The third kappa shape index (κ3) is 1.37. The third-order valence-corrected chi connectivity index (χ3v) is 2.78. The lowest BCUT2D eigenvalue weighted by molar-refractivity contribution is 0.241. The zero-order valence-electron chi connectivity index (χ0n) is 6.79. The zero-order chi connectivity index (χ0) is 8.55. The minimum Gasteiger partial charge on any atom is -0.448 e. The van der Waals surface area contributed by atoms with Crippen LogP contribution in [0.3, 0.4) is 0 Å². The van der Waals surface area contributed by atoms with Gasteiger partial charge in [0.25, 0.3) is 0 Å². The van der Waals surface area contributed by atoms with Crippen LogP contribution in [0.4, 0.5) is 0 Å². The number of furan rings is 1. The monoisotopic (exact) mass is 185 g/mol. The fraction of sp³-hybridized carbons (Fsp3) is 0.556. The van der Waals surface area contributed by atoms with Crippen molar-refractivity contribution >= 4 is 11.6 Å². The molecule has 66 valence electrons. The first kappa shape index (κ1) is 8.14. The van der Waals surface area contributed by atoms with Gasteiger partial charge in [-0.25, -0.2) is 0 Å². The van der Waals surface area contributed by atoms with E-state index < -0.39 is 0 Å². The Hall–Kier alpha value is -0.470.